The number of rotatable bonds is 7. The van der Waals surface area contributed by atoms with Crippen LogP contribution in [-0.2, 0) is 14.3 Å². The molecular weight excluding hydrogens is 442 g/mol. The first-order valence-electron chi connectivity index (χ1n) is 11.7. The van der Waals surface area contributed by atoms with Gasteiger partial charge in [-0.05, 0) is 31.4 Å². The predicted molar refractivity (Wildman–Crippen MR) is 125 cm³/mol. The number of ether oxygens (including phenoxy) is 2. The van der Waals surface area contributed by atoms with E-state index in [0.29, 0.717) is 31.8 Å². The first kappa shape index (κ1) is 23.6. The van der Waals surface area contributed by atoms with E-state index in [1.54, 1.807) is 11.8 Å². The van der Waals surface area contributed by atoms with Crippen molar-refractivity contribution in [2.45, 2.75) is 51.0 Å². The van der Waals surface area contributed by atoms with Crippen LogP contribution in [0.5, 0.6) is 0 Å². The summed E-state index contributed by atoms with van der Waals surface area (Å²) in [4.78, 5) is 46.0. The number of amides is 2. The van der Waals surface area contributed by atoms with Gasteiger partial charge in [0.2, 0.25) is 11.7 Å². The molecule has 0 radical (unpaired) electrons. The minimum absolute atomic E-state index is 0.163. The Balaban J connectivity index is 1.75. The van der Waals surface area contributed by atoms with Gasteiger partial charge in [-0.25, -0.2) is 9.78 Å². The van der Waals surface area contributed by atoms with Crippen LogP contribution in [0.3, 0.4) is 0 Å². The molecule has 1 aliphatic heterocycles. The average Bonchev–Trinajstić information content (AvgIpc) is 3.27. The number of carbonyl (C=O) groups is 3. The number of hydrogen-bond acceptors (Lipinski definition) is 7. The molecule has 1 aromatic heterocycles. The number of primary amides is 1. The smallest absolute Gasteiger partial charge is 0.405 e. The molecule has 33 heavy (non-hydrogen) atoms. The predicted octanol–water partition coefficient (Wildman–Crippen LogP) is 3.78. The van der Waals surface area contributed by atoms with Gasteiger partial charge < -0.3 is 20.1 Å². The summed E-state index contributed by atoms with van der Waals surface area (Å²) in [5.74, 6) is -1.41. The minimum Gasteiger partial charge on any atom is -0.434 e. The van der Waals surface area contributed by atoms with Gasteiger partial charge in [0.15, 0.2) is 10.6 Å². The zero-order valence-electron chi connectivity index (χ0n) is 19.0. The molecule has 2 atom stereocenters. The van der Waals surface area contributed by atoms with E-state index in [4.69, 9.17) is 15.2 Å². The summed E-state index contributed by atoms with van der Waals surface area (Å²) in [5, 5.41) is 0.231. The molecule has 2 unspecified atom stereocenters. The maximum absolute atomic E-state index is 14.1. The number of carbonyl (C=O) groups excluding carboxylic acids is 3. The second-order valence-corrected chi connectivity index (χ2v) is 10.0. The average molecular weight is 474 g/mol. The molecule has 178 valence electrons. The van der Waals surface area contributed by atoms with E-state index in [9.17, 15) is 14.4 Å². The molecule has 2 aliphatic rings. The summed E-state index contributed by atoms with van der Waals surface area (Å²) < 4.78 is 11.9. The number of benzene rings is 1. The second-order valence-electron chi connectivity index (χ2n) is 8.99. The largest absolute Gasteiger partial charge is 0.434 e. The standard InChI is InChI=1S/C24H31N3O5S/c1-16(22(29)27-11-13-31-14-12-27)24(32-23(25)30,15-17-7-3-2-4-8-17)20(28)21-26-18-9-5-6-10-19(18)33-21/h5-6,9-10,16-17H,2-4,7-8,11-15H2,1H3,(H2,25,30). The van der Waals surface area contributed by atoms with Crippen LogP contribution < -0.4 is 5.73 Å². The summed E-state index contributed by atoms with van der Waals surface area (Å²) in [5.41, 5.74) is 4.52. The fourth-order valence-corrected chi connectivity index (χ4v) is 6.03. The van der Waals surface area contributed by atoms with Gasteiger partial charge in [0.05, 0.1) is 29.3 Å². The molecule has 4 rings (SSSR count). The van der Waals surface area contributed by atoms with Crippen LogP contribution in [-0.4, -0.2) is 59.6 Å². The number of nitrogens with two attached hydrogens (primary N) is 1. The van der Waals surface area contributed by atoms with Crippen LogP contribution in [0.25, 0.3) is 10.2 Å². The zero-order chi connectivity index (χ0) is 23.4. The lowest BCUT2D eigenvalue weighted by Gasteiger charge is -2.41. The molecule has 0 bridgehead atoms. The number of thiazole rings is 1. The molecule has 2 heterocycles. The Morgan fingerprint density at radius 1 is 1.21 bits per heavy atom. The van der Waals surface area contributed by atoms with Gasteiger partial charge >= 0.3 is 6.09 Å². The van der Waals surface area contributed by atoms with Crippen molar-refractivity contribution in [2.75, 3.05) is 26.3 Å². The third kappa shape index (κ3) is 5.04. The Morgan fingerprint density at radius 2 is 1.91 bits per heavy atom. The van der Waals surface area contributed by atoms with E-state index in [-0.39, 0.29) is 23.3 Å². The van der Waals surface area contributed by atoms with Gasteiger partial charge in [0.1, 0.15) is 0 Å². The number of morpholine rings is 1. The number of hydrogen-bond donors (Lipinski definition) is 1. The summed E-state index contributed by atoms with van der Waals surface area (Å²) in [7, 11) is 0. The lowest BCUT2D eigenvalue weighted by molar-refractivity contribution is -0.146. The zero-order valence-corrected chi connectivity index (χ0v) is 19.8. The van der Waals surface area contributed by atoms with Gasteiger partial charge in [-0.15, -0.1) is 11.3 Å². The number of para-hydroxylation sites is 1. The van der Waals surface area contributed by atoms with E-state index in [1.807, 2.05) is 24.3 Å². The molecule has 2 aromatic rings. The van der Waals surface area contributed by atoms with Crippen molar-refractivity contribution >= 4 is 39.3 Å². The number of aromatic nitrogens is 1. The van der Waals surface area contributed by atoms with Crippen molar-refractivity contribution in [1.82, 2.24) is 9.88 Å². The minimum atomic E-state index is -1.70. The molecule has 1 saturated carbocycles. The highest BCUT2D eigenvalue weighted by Crippen LogP contribution is 2.40. The molecule has 1 saturated heterocycles. The molecule has 9 heteroatoms. The van der Waals surface area contributed by atoms with Crippen LogP contribution in [0.4, 0.5) is 4.79 Å². The van der Waals surface area contributed by atoms with Crippen molar-refractivity contribution in [3.63, 3.8) is 0 Å². The van der Waals surface area contributed by atoms with Crippen molar-refractivity contribution in [3.8, 4) is 0 Å². The Morgan fingerprint density at radius 3 is 2.58 bits per heavy atom. The number of nitrogens with zero attached hydrogens (tertiary/aromatic N) is 2. The lowest BCUT2D eigenvalue weighted by atomic mass is 9.73. The van der Waals surface area contributed by atoms with Crippen molar-refractivity contribution < 1.29 is 23.9 Å². The topological polar surface area (TPSA) is 112 Å². The highest BCUT2D eigenvalue weighted by Gasteiger charge is 2.53. The molecule has 2 fully saturated rings. The van der Waals surface area contributed by atoms with E-state index in [0.717, 1.165) is 36.8 Å². The molecule has 2 amide bonds. The van der Waals surface area contributed by atoms with Gasteiger partial charge in [-0.2, -0.15) is 0 Å². The number of Topliss-reactive ketones (excluding diaryl/α,β-unsaturated/α-hetero) is 1. The molecule has 0 spiro atoms. The highest BCUT2D eigenvalue weighted by atomic mass is 32.1. The van der Waals surface area contributed by atoms with Crippen molar-refractivity contribution in [2.24, 2.45) is 17.6 Å². The summed E-state index contributed by atoms with van der Waals surface area (Å²) in [6, 6.07) is 7.47. The molecule has 2 N–H and O–H groups in total. The molecular formula is C24H31N3O5S. The van der Waals surface area contributed by atoms with Crippen LogP contribution >= 0.6 is 11.3 Å². The van der Waals surface area contributed by atoms with Crippen LogP contribution in [0.1, 0.15) is 55.3 Å². The molecule has 1 aromatic carbocycles. The van der Waals surface area contributed by atoms with E-state index < -0.39 is 23.4 Å². The Bertz CT molecular complexity index is 979. The van der Waals surface area contributed by atoms with E-state index in [1.165, 1.54) is 11.3 Å². The third-order valence-corrected chi connectivity index (χ3v) is 7.90. The third-order valence-electron chi connectivity index (χ3n) is 6.86. The van der Waals surface area contributed by atoms with Gasteiger partial charge in [0.25, 0.3) is 0 Å². The van der Waals surface area contributed by atoms with Crippen molar-refractivity contribution in [1.29, 1.82) is 0 Å². The van der Waals surface area contributed by atoms with Gasteiger partial charge in [-0.3, -0.25) is 9.59 Å². The van der Waals surface area contributed by atoms with Crippen LogP contribution in [0, 0.1) is 11.8 Å². The maximum atomic E-state index is 14.1. The maximum Gasteiger partial charge on any atom is 0.405 e. The fourth-order valence-electron chi connectivity index (χ4n) is 5.05. The van der Waals surface area contributed by atoms with E-state index in [2.05, 4.69) is 4.98 Å². The quantitative estimate of drug-likeness (QED) is 0.613. The lowest BCUT2D eigenvalue weighted by Crippen LogP contribution is -2.57. The SMILES string of the molecule is CC(C(=O)N1CCOCC1)C(CC1CCCCC1)(OC(N)=O)C(=O)c1nc2ccccc2s1. The Labute approximate surface area is 197 Å². The van der Waals surface area contributed by atoms with Gasteiger partial charge in [-0.1, -0.05) is 44.2 Å². The Hall–Kier alpha value is -2.52. The summed E-state index contributed by atoms with van der Waals surface area (Å²) >= 11 is 1.25. The highest BCUT2D eigenvalue weighted by molar-refractivity contribution is 7.20. The fraction of sp³-hybridized carbons (Fsp3) is 0.583. The number of ketones is 1. The first-order chi connectivity index (χ1) is 15.9. The van der Waals surface area contributed by atoms with Crippen molar-refractivity contribution in [3.05, 3.63) is 29.3 Å². The van der Waals surface area contributed by atoms with Gasteiger partial charge in [0, 0.05) is 13.1 Å². The molecule has 1 aliphatic carbocycles. The second kappa shape index (κ2) is 10.2. The monoisotopic (exact) mass is 473 g/mol. The summed E-state index contributed by atoms with van der Waals surface area (Å²) in [6.07, 6.45) is 4.32. The van der Waals surface area contributed by atoms with Crippen LogP contribution in [0.2, 0.25) is 0 Å². The Kier molecular flexibility index (Phi) is 7.29. The molecule has 8 nitrogen and oxygen atoms in total. The summed E-state index contributed by atoms with van der Waals surface area (Å²) in [6.45, 7) is 3.44. The van der Waals surface area contributed by atoms with Crippen LogP contribution in [0.15, 0.2) is 24.3 Å². The normalized spacial score (nSPS) is 20.2. The van der Waals surface area contributed by atoms with E-state index >= 15 is 0 Å². The first-order valence-corrected chi connectivity index (χ1v) is 12.5. The number of fused-ring (bicyclic) bond motifs is 1.